The van der Waals surface area contributed by atoms with E-state index in [1.807, 2.05) is 0 Å². The summed E-state index contributed by atoms with van der Waals surface area (Å²) in [5, 5.41) is 3.94. The van der Waals surface area contributed by atoms with E-state index < -0.39 is 0 Å². The zero-order valence-electron chi connectivity index (χ0n) is 12.7. The highest BCUT2D eigenvalue weighted by molar-refractivity contribution is 5.40. The minimum absolute atomic E-state index is 0.546. The Morgan fingerprint density at radius 3 is 2.50 bits per heavy atom. The van der Waals surface area contributed by atoms with Gasteiger partial charge in [0.05, 0.1) is 7.11 Å². The van der Waals surface area contributed by atoms with Gasteiger partial charge >= 0.3 is 0 Å². The van der Waals surface area contributed by atoms with Crippen LogP contribution in [0.2, 0.25) is 0 Å². The average Bonchev–Trinajstić information content (AvgIpc) is 2.84. The van der Waals surface area contributed by atoms with Gasteiger partial charge in [-0.05, 0) is 48.9 Å². The van der Waals surface area contributed by atoms with Crippen molar-refractivity contribution >= 4 is 0 Å². The lowest BCUT2D eigenvalue weighted by atomic mass is 9.95. The van der Waals surface area contributed by atoms with Gasteiger partial charge in [0.1, 0.15) is 5.75 Å². The van der Waals surface area contributed by atoms with E-state index in [4.69, 9.17) is 4.74 Å². The van der Waals surface area contributed by atoms with E-state index in [0.717, 1.165) is 11.8 Å². The van der Waals surface area contributed by atoms with Gasteiger partial charge < -0.3 is 10.1 Å². The van der Waals surface area contributed by atoms with E-state index in [-0.39, 0.29) is 0 Å². The molecule has 2 aliphatic rings. The lowest BCUT2D eigenvalue weighted by Crippen LogP contribution is -2.32. The van der Waals surface area contributed by atoms with E-state index in [0.29, 0.717) is 6.04 Å². The number of nitrogens with one attached hydrogen (secondary N) is 1. The van der Waals surface area contributed by atoms with E-state index in [1.54, 1.807) is 7.11 Å². The number of ether oxygens (including phenoxy) is 1. The molecule has 1 saturated carbocycles. The van der Waals surface area contributed by atoms with Crippen LogP contribution in [0.4, 0.5) is 0 Å². The van der Waals surface area contributed by atoms with E-state index >= 15 is 0 Å². The molecule has 1 unspecified atom stereocenters. The van der Waals surface area contributed by atoms with Crippen LogP contribution < -0.4 is 10.1 Å². The summed E-state index contributed by atoms with van der Waals surface area (Å²) in [6.45, 7) is 0. The highest BCUT2D eigenvalue weighted by atomic mass is 16.5. The monoisotopic (exact) mass is 273 g/mol. The Morgan fingerprint density at radius 2 is 1.75 bits per heavy atom. The van der Waals surface area contributed by atoms with Crippen LogP contribution in [-0.4, -0.2) is 13.2 Å². The van der Waals surface area contributed by atoms with Gasteiger partial charge in [0, 0.05) is 12.1 Å². The molecule has 0 heterocycles. The van der Waals surface area contributed by atoms with Crippen LogP contribution in [-0.2, 0) is 6.42 Å². The largest absolute Gasteiger partial charge is 0.497 e. The minimum Gasteiger partial charge on any atom is -0.497 e. The molecular formula is C18H27NO. The predicted octanol–water partition coefficient (Wildman–Crippen LogP) is 4.39. The molecule has 1 aromatic carbocycles. The highest BCUT2D eigenvalue weighted by Crippen LogP contribution is 2.34. The number of aryl methyl sites for hydroxylation is 1. The number of rotatable bonds is 3. The number of benzene rings is 1. The van der Waals surface area contributed by atoms with Gasteiger partial charge in [-0.25, -0.2) is 0 Å². The van der Waals surface area contributed by atoms with Crippen LogP contribution in [0.15, 0.2) is 18.2 Å². The first-order valence-corrected chi connectivity index (χ1v) is 8.29. The predicted molar refractivity (Wildman–Crippen MR) is 83.3 cm³/mol. The molecule has 1 aromatic rings. The molecule has 1 fully saturated rings. The topological polar surface area (TPSA) is 21.3 Å². The molecule has 0 amide bonds. The third-order valence-corrected chi connectivity index (χ3v) is 4.97. The molecular weight excluding hydrogens is 246 g/mol. The van der Waals surface area contributed by atoms with Crippen molar-refractivity contribution in [2.45, 2.75) is 69.9 Å². The van der Waals surface area contributed by atoms with Gasteiger partial charge in [-0.15, -0.1) is 0 Å². The van der Waals surface area contributed by atoms with Crippen molar-refractivity contribution in [3.8, 4) is 5.75 Å². The zero-order chi connectivity index (χ0) is 13.8. The van der Waals surface area contributed by atoms with E-state index in [1.165, 1.54) is 68.9 Å². The third kappa shape index (κ3) is 3.17. The Labute approximate surface area is 122 Å². The van der Waals surface area contributed by atoms with Crippen molar-refractivity contribution in [3.63, 3.8) is 0 Å². The molecule has 0 saturated heterocycles. The molecule has 0 aliphatic heterocycles. The minimum atomic E-state index is 0.546. The Balaban J connectivity index is 1.67. The van der Waals surface area contributed by atoms with Crippen molar-refractivity contribution in [1.82, 2.24) is 5.32 Å². The molecule has 1 N–H and O–H groups in total. The van der Waals surface area contributed by atoms with Crippen LogP contribution in [0.1, 0.15) is 68.5 Å². The summed E-state index contributed by atoms with van der Waals surface area (Å²) in [6, 6.07) is 7.84. The first-order valence-electron chi connectivity index (χ1n) is 8.29. The third-order valence-electron chi connectivity index (χ3n) is 4.97. The van der Waals surface area contributed by atoms with Crippen molar-refractivity contribution in [3.05, 3.63) is 29.3 Å². The molecule has 0 radical (unpaired) electrons. The number of methoxy groups -OCH3 is 1. The lowest BCUT2D eigenvalue weighted by molar-refractivity contribution is 0.352. The Hall–Kier alpha value is -1.02. The molecule has 0 bridgehead atoms. The normalized spacial score (nSPS) is 23.9. The fourth-order valence-corrected chi connectivity index (χ4v) is 3.79. The Kier molecular flexibility index (Phi) is 4.62. The molecule has 2 aliphatic carbocycles. The molecule has 20 heavy (non-hydrogen) atoms. The van der Waals surface area contributed by atoms with Gasteiger partial charge in [0.25, 0.3) is 0 Å². The smallest absolute Gasteiger partial charge is 0.119 e. The molecule has 1 atom stereocenters. The quantitative estimate of drug-likeness (QED) is 0.882. The van der Waals surface area contributed by atoms with Crippen molar-refractivity contribution in [2.24, 2.45) is 0 Å². The second-order valence-corrected chi connectivity index (χ2v) is 6.36. The average molecular weight is 273 g/mol. The number of hydrogen-bond acceptors (Lipinski definition) is 2. The van der Waals surface area contributed by atoms with Gasteiger partial charge in [0.2, 0.25) is 0 Å². The molecule has 3 rings (SSSR count). The SMILES string of the molecule is COc1ccc2c(c1)C(NC1CCCCCCC1)CC2. The van der Waals surface area contributed by atoms with Crippen LogP contribution in [0.3, 0.4) is 0 Å². The summed E-state index contributed by atoms with van der Waals surface area (Å²) in [5.41, 5.74) is 2.99. The summed E-state index contributed by atoms with van der Waals surface area (Å²) in [6.07, 6.45) is 12.3. The number of fused-ring (bicyclic) bond motifs is 1. The second kappa shape index (κ2) is 6.62. The van der Waals surface area contributed by atoms with Gasteiger partial charge in [-0.3, -0.25) is 0 Å². The first-order chi connectivity index (χ1) is 9.86. The molecule has 2 heteroatoms. The molecule has 110 valence electrons. The summed E-state index contributed by atoms with van der Waals surface area (Å²) in [7, 11) is 1.76. The van der Waals surface area contributed by atoms with Gasteiger partial charge in [-0.1, -0.05) is 38.2 Å². The lowest BCUT2D eigenvalue weighted by Gasteiger charge is -2.25. The standard InChI is InChI=1S/C18H27NO/c1-20-16-11-9-14-10-12-18(17(14)13-16)19-15-7-5-3-2-4-6-8-15/h9,11,13,15,18-19H,2-8,10,12H2,1H3. The van der Waals surface area contributed by atoms with E-state index in [2.05, 4.69) is 23.5 Å². The fraction of sp³-hybridized carbons (Fsp3) is 0.667. The van der Waals surface area contributed by atoms with Crippen LogP contribution in [0, 0.1) is 0 Å². The van der Waals surface area contributed by atoms with Gasteiger partial charge in [-0.2, -0.15) is 0 Å². The maximum atomic E-state index is 5.39. The fourth-order valence-electron chi connectivity index (χ4n) is 3.79. The highest BCUT2D eigenvalue weighted by Gasteiger charge is 2.25. The molecule has 0 aromatic heterocycles. The maximum absolute atomic E-state index is 5.39. The number of hydrogen-bond donors (Lipinski definition) is 1. The van der Waals surface area contributed by atoms with Crippen molar-refractivity contribution < 1.29 is 4.74 Å². The molecule has 0 spiro atoms. The molecule has 2 nitrogen and oxygen atoms in total. The zero-order valence-corrected chi connectivity index (χ0v) is 12.7. The summed E-state index contributed by atoms with van der Waals surface area (Å²) in [4.78, 5) is 0. The Bertz CT molecular complexity index is 435. The van der Waals surface area contributed by atoms with Crippen molar-refractivity contribution in [1.29, 1.82) is 0 Å². The van der Waals surface area contributed by atoms with Crippen LogP contribution in [0.5, 0.6) is 5.75 Å². The maximum Gasteiger partial charge on any atom is 0.119 e. The first kappa shape index (κ1) is 13.9. The summed E-state index contributed by atoms with van der Waals surface area (Å²) < 4.78 is 5.39. The van der Waals surface area contributed by atoms with Crippen LogP contribution >= 0.6 is 0 Å². The van der Waals surface area contributed by atoms with E-state index in [9.17, 15) is 0 Å². The van der Waals surface area contributed by atoms with Gasteiger partial charge in [0.15, 0.2) is 0 Å². The second-order valence-electron chi connectivity index (χ2n) is 6.36. The van der Waals surface area contributed by atoms with Crippen LogP contribution in [0.25, 0.3) is 0 Å². The summed E-state index contributed by atoms with van der Waals surface area (Å²) >= 11 is 0. The summed E-state index contributed by atoms with van der Waals surface area (Å²) in [5.74, 6) is 0.995. The Morgan fingerprint density at radius 1 is 1.00 bits per heavy atom. The van der Waals surface area contributed by atoms with Crippen molar-refractivity contribution in [2.75, 3.05) is 7.11 Å².